The molecule has 1 aromatic rings. The van der Waals surface area contributed by atoms with E-state index in [1.54, 1.807) is 0 Å². The molecule has 1 aliphatic heterocycles. The lowest BCUT2D eigenvalue weighted by molar-refractivity contribution is -0.0269. The number of rotatable bonds is 1. The van der Waals surface area contributed by atoms with E-state index < -0.39 is 0 Å². The Morgan fingerprint density at radius 1 is 1.13 bits per heavy atom. The van der Waals surface area contributed by atoms with E-state index in [0.29, 0.717) is 6.04 Å². The highest BCUT2D eigenvalue weighted by Gasteiger charge is 2.35. The lowest BCUT2D eigenvalue weighted by Gasteiger charge is -2.43. The number of aliphatic hydroxyl groups excluding tert-OH is 1. The highest BCUT2D eigenvalue weighted by molar-refractivity contribution is 5.29. The summed E-state index contributed by atoms with van der Waals surface area (Å²) in [6, 6.07) is 9.10. The largest absolute Gasteiger partial charge is 0.391 e. The van der Waals surface area contributed by atoms with E-state index in [1.165, 1.54) is 17.5 Å². The Morgan fingerprint density at radius 2 is 1.93 bits per heavy atom. The summed E-state index contributed by atoms with van der Waals surface area (Å²) in [7, 11) is 0. The molecule has 0 spiro atoms. The second-order valence-corrected chi connectivity index (χ2v) is 4.70. The van der Waals surface area contributed by atoms with Gasteiger partial charge in [-0.05, 0) is 30.4 Å². The van der Waals surface area contributed by atoms with Gasteiger partial charge in [0.25, 0.3) is 0 Å². The van der Waals surface area contributed by atoms with Crippen LogP contribution in [0.2, 0.25) is 0 Å². The van der Waals surface area contributed by atoms with Crippen LogP contribution in [0.5, 0.6) is 0 Å². The van der Waals surface area contributed by atoms with Gasteiger partial charge in [0, 0.05) is 19.1 Å². The minimum absolute atomic E-state index is 0.0738. The Kier molecular flexibility index (Phi) is 2.26. The summed E-state index contributed by atoms with van der Waals surface area (Å²) in [5, 5.41) is 9.67. The van der Waals surface area contributed by atoms with Crippen LogP contribution < -0.4 is 0 Å². The maximum Gasteiger partial charge on any atom is 0.0696 e. The summed E-state index contributed by atoms with van der Waals surface area (Å²) in [4.78, 5) is 2.44. The molecule has 15 heavy (non-hydrogen) atoms. The molecule has 0 radical (unpaired) electrons. The van der Waals surface area contributed by atoms with E-state index in [1.807, 2.05) is 0 Å². The Bertz CT molecular complexity index is 363. The van der Waals surface area contributed by atoms with Gasteiger partial charge in [-0.2, -0.15) is 0 Å². The lowest BCUT2D eigenvalue weighted by atomic mass is 9.86. The number of hydrogen-bond acceptors (Lipinski definition) is 2. The number of benzene rings is 1. The zero-order valence-electron chi connectivity index (χ0n) is 8.89. The molecule has 1 heterocycles. The van der Waals surface area contributed by atoms with E-state index >= 15 is 0 Å². The van der Waals surface area contributed by atoms with Gasteiger partial charge in [0.1, 0.15) is 0 Å². The van der Waals surface area contributed by atoms with Crippen molar-refractivity contribution in [2.75, 3.05) is 6.54 Å². The molecule has 0 saturated heterocycles. The van der Waals surface area contributed by atoms with Crippen LogP contribution in [-0.4, -0.2) is 28.7 Å². The van der Waals surface area contributed by atoms with Crippen molar-refractivity contribution >= 4 is 0 Å². The van der Waals surface area contributed by atoms with Gasteiger partial charge in [-0.1, -0.05) is 24.3 Å². The van der Waals surface area contributed by atoms with Gasteiger partial charge in [0.2, 0.25) is 0 Å². The molecule has 1 aliphatic carbocycles. The van der Waals surface area contributed by atoms with Crippen LogP contribution >= 0.6 is 0 Å². The first kappa shape index (κ1) is 9.37. The third kappa shape index (κ3) is 1.58. The van der Waals surface area contributed by atoms with Crippen LogP contribution in [0.1, 0.15) is 24.0 Å². The number of fused-ring (bicyclic) bond motifs is 1. The zero-order chi connectivity index (χ0) is 10.3. The van der Waals surface area contributed by atoms with Crippen molar-refractivity contribution < 1.29 is 5.11 Å². The lowest BCUT2D eigenvalue weighted by Crippen LogP contribution is -2.51. The van der Waals surface area contributed by atoms with Crippen LogP contribution in [0.3, 0.4) is 0 Å². The van der Waals surface area contributed by atoms with Crippen molar-refractivity contribution in [3.63, 3.8) is 0 Å². The minimum atomic E-state index is -0.0738. The summed E-state index contributed by atoms with van der Waals surface area (Å²) < 4.78 is 0. The molecule has 3 rings (SSSR count). The van der Waals surface area contributed by atoms with Gasteiger partial charge < -0.3 is 5.11 Å². The number of hydrogen-bond donors (Lipinski definition) is 1. The average Bonchev–Trinajstić information content (AvgIpc) is 2.27. The maximum atomic E-state index is 9.67. The molecule has 2 aliphatic rings. The molecule has 1 aromatic carbocycles. The number of nitrogens with zero attached hydrogens (tertiary/aromatic N) is 1. The Hall–Kier alpha value is -0.860. The standard InChI is InChI=1S/C13H17NO/c15-13-6-5-12(13)14-8-7-10-3-1-2-4-11(10)9-14/h1-4,12-13,15H,5-9H2/t12-,13-/m1/s1. The molecule has 1 N–H and O–H groups in total. The summed E-state index contributed by atoms with van der Waals surface area (Å²) in [6.07, 6.45) is 3.22. The van der Waals surface area contributed by atoms with Gasteiger partial charge in [0.15, 0.2) is 0 Å². The van der Waals surface area contributed by atoms with Gasteiger partial charge >= 0.3 is 0 Å². The molecular weight excluding hydrogens is 186 g/mol. The first-order valence-corrected chi connectivity index (χ1v) is 5.83. The van der Waals surface area contributed by atoms with E-state index in [4.69, 9.17) is 0 Å². The quantitative estimate of drug-likeness (QED) is 0.749. The van der Waals surface area contributed by atoms with E-state index in [0.717, 1.165) is 25.9 Å². The first-order chi connectivity index (χ1) is 7.34. The molecule has 1 saturated carbocycles. The van der Waals surface area contributed by atoms with E-state index in [-0.39, 0.29) is 6.10 Å². The van der Waals surface area contributed by atoms with E-state index in [9.17, 15) is 5.11 Å². The summed E-state index contributed by atoms with van der Waals surface area (Å²) in [5.74, 6) is 0. The zero-order valence-corrected chi connectivity index (χ0v) is 8.89. The molecule has 0 unspecified atom stereocenters. The molecule has 1 fully saturated rings. The van der Waals surface area contributed by atoms with Crippen molar-refractivity contribution in [2.45, 2.75) is 38.0 Å². The smallest absolute Gasteiger partial charge is 0.0696 e. The third-order valence-corrected chi connectivity index (χ3v) is 3.83. The predicted octanol–water partition coefficient (Wildman–Crippen LogP) is 1.57. The van der Waals surface area contributed by atoms with E-state index in [2.05, 4.69) is 29.2 Å². The van der Waals surface area contributed by atoms with Crippen molar-refractivity contribution in [1.29, 1.82) is 0 Å². The van der Waals surface area contributed by atoms with Crippen LogP contribution in [0.4, 0.5) is 0 Å². The predicted molar refractivity (Wildman–Crippen MR) is 59.6 cm³/mol. The fourth-order valence-corrected chi connectivity index (χ4v) is 2.69. The van der Waals surface area contributed by atoms with Gasteiger partial charge in [-0.3, -0.25) is 4.90 Å². The summed E-state index contributed by atoms with van der Waals surface area (Å²) in [5.41, 5.74) is 2.94. The molecule has 2 heteroatoms. The average molecular weight is 203 g/mol. The van der Waals surface area contributed by atoms with Gasteiger partial charge in [0.05, 0.1) is 6.10 Å². The van der Waals surface area contributed by atoms with Crippen LogP contribution in [0.15, 0.2) is 24.3 Å². The van der Waals surface area contributed by atoms with Crippen LogP contribution in [-0.2, 0) is 13.0 Å². The monoisotopic (exact) mass is 203 g/mol. The Balaban J connectivity index is 1.77. The van der Waals surface area contributed by atoms with Crippen molar-refractivity contribution in [2.24, 2.45) is 0 Å². The molecule has 80 valence electrons. The first-order valence-electron chi connectivity index (χ1n) is 5.83. The molecule has 0 bridgehead atoms. The van der Waals surface area contributed by atoms with Gasteiger partial charge in [-0.15, -0.1) is 0 Å². The highest BCUT2D eigenvalue weighted by Crippen LogP contribution is 2.29. The van der Waals surface area contributed by atoms with Gasteiger partial charge in [-0.25, -0.2) is 0 Å². The number of aliphatic hydroxyl groups is 1. The third-order valence-electron chi connectivity index (χ3n) is 3.83. The molecule has 0 aromatic heterocycles. The topological polar surface area (TPSA) is 23.5 Å². The minimum Gasteiger partial charge on any atom is -0.391 e. The second-order valence-electron chi connectivity index (χ2n) is 4.70. The van der Waals surface area contributed by atoms with Crippen molar-refractivity contribution in [1.82, 2.24) is 4.90 Å². The molecule has 0 amide bonds. The molecular formula is C13H17NO. The van der Waals surface area contributed by atoms with Crippen molar-refractivity contribution in [3.8, 4) is 0 Å². The fraction of sp³-hybridized carbons (Fsp3) is 0.538. The summed E-state index contributed by atoms with van der Waals surface area (Å²) in [6.45, 7) is 2.14. The Labute approximate surface area is 90.5 Å². The maximum absolute atomic E-state index is 9.67. The SMILES string of the molecule is O[C@@H]1CC[C@H]1N1CCc2ccccc2C1. The van der Waals surface area contributed by atoms with Crippen LogP contribution in [0, 0.1) is 0 Å². The molecule has 2 nitrogen and oxygen atoms in total. The highest BCUT2D eigenvalue weighted by atomic mass is 16.3. The fourth-order valence-electron chi connectivity index (χ4n) is 2.69. The summed E-state index contributed by atoms with van der Waals surface area (Å²) >= 11 is 0. The second kappa shape index (κ2) is 3.62. The molecule has 2 atom stereocenters. The Morgan fingerprint density at radius 3 is 2.60 bits per heavy atom. The van der Waals surface area contributed by atoms with Crippen molar-refractivity contribution in [3.05, 3.63) is 35.4 Å². The normalized spacial score (nSPS) is 30.7. The van der Waals surface area contributed by atoms with Crippen LogP contribution in [0.25, 0.3) is 0 Å².